The van der Waals surface area contributed by atoms with Gasteiger partial charge >= 0.3 is 0 Å². The average Bonchev–Trinajstić information content (AvgIpc) is 2.81. The second-order valence-electron chi connectivity index (χ2n) is 3.99. The highest BCUT2D eigenvalue weighted by molar-refractivity contribution is 6.34. The van der Waals surface area contributed by atoms with Crippen molar-refractivity contribution in [2.45, 2.75) is 31.3 Å². The SMILES string of the molecule is CC(O)C1(c2cc(Cl)cc(Cl)c2)CC1. The van der Waals surface area contributed by atoms with Crippen LogP contribution < -0.4 is 0 Å². The van der Waals surface area contributed by atoms with Crippen molar-refractivity contribution in [1.29, 1.82) is 0 Å². The molecule has 1 fully saturated rings. The zero-order chi connectivity index (χ0) is 10.3. The Morgan fingerprint density at radius 2 is 1.71 bits per heavy atom. The molecular weight excluding hydrogens is 219 g/mol. The number of benzene rings is 1. The topological polar surface area (TPSA) is 20.2 Å². The van der Waals surface area contributed by atoms with Crippen LogP contribution in [0.25, 0.3) is 0 Å². The molecule has 1 aliphatic rings. The van der Waals surface area contributed by atoms with Gasteiger partial charge in [-0.2, -0.15) is 0 Å². The zero-order valence-electron chi connectivity index (χ0n) is 7.93. The molecule has 0 heterocycles. The molecule has 1 aromatic rings. The van der Waals surface area contributed by atoms with Gasteiger partial charge in [-0.15, -0.1) is 0 Å². The Morgan fingerprint density at radius 3 is 2.07 bits per heavy atom. The minimum atomic E-state index is -0.336. The molecule has 0 radical (unpaired) electrons. The first-order valence-corrected chi connectivity index (χ1v) is 5.45. The van der Waals surface area contributed by atoms with E-state index in [9.17, 15) is 5.11 Å². The summed E-state index contributed by atoms with van der Waals surface area (Å²) in [5.41, 5.74) is 0.971. The zero-order valence-corrected chi connectivity index (χ0v) is 9.44. The quantitative estimate of drug-likeness (QED) is 0.826. The van der Waals surface area contributed by atoms with Crippen molar-refractivity contribution in [3.05, 3.63) is 33.8 Å². The molecule has 0 aliphatic heterocycles. The first kappa shape index (κ1) is 10.3. The van der Waals surface area contributed by atoms with E-state index in [1.165, 1.54) is 0 Å². The van der Waals surface area contributed by atoms with Crippen molar-refractivity contribution in [3.63, 3.8) is 0 Å². The normalized spacial score (nSPS) is 20.6. The first-order valence-electron chi connectivity index (χ1n) is 4.69. The van der Waals surface area contributed by atoms with Crippen LogP contribution >= 0.6 is 23.2 Å². The van der Waals surface area contributed by atoms with Gasteiger partial charge < -0.3 is 5.11 Å². The van der Waals surface area contributed by atoms with Crippen LogP contribution in [-0.2, 0) is 5.41 Å². The largest absolute Gasteiger partial charge is 0.392 e. The Labute approximate surface area is 93.7 Å². The number of aliphatic hydroxyl groups excluding tert-OH is 1. The maximum absolute atomic E-state index is 9.69. The van der Waals surface area contributed by atoms with Crippen molar-refractivity contribution in [2.24, 2.45) is 0 Å². The molecule has 1 aliphatic carbocycles. The van der Waals surface area contributed by atoms with Gasteiger partial charge in [0.05, 0.1) is 6.10 Å². The lowest BCUT2D eigenvalue weighted by atomic mass is 9.91. The fourth-order valence-corrected chi connectivity index (χ4v) is 2.45. The van der Waals surface area contributed by atoms with Crippen LogP contribution in [0.1, 0.15) is 25.3 Å². The Hall–Kier alpha value is -0.240. The van der Waals surface area contributed by atoms with E-state index in [1.54, 1.807) is 6.07 Å². The highest BCUT2D eigenvalue weighted by Crippen LogP contribution is 2.51. The summed E-state index contributed by atoms with van der Waals surface area (Å²) in [6, 6.07) is 5.51. The average molecular weight is 231 g/mol. The van der Waals surface area contributed by atoms with Crippen LogP contribution in [-0.4, -0.2) is 11.2 Å². The molecule has 14 heavy (non-hydrogen) atoms. The van der Waals surface area contributed by atoms with Crippen molar-refractivity contribution in [1.82, 2.24) is 0 Å². The van der Waals surface area contributed by atoms with Crippen LogP contribution in [0.2, 0.25) is 10.0 Å². The lowest BCUT2D eigenvalue weighted by molar-refractivity contribution is 0.150. The van der Waals surface area contributed by atoms with Crippen LogP contribution in [0.4, 0.5) is 0 Å². The van der Waals surface area contributed by atoms with Gasteiger partial charge in [0, 0.05) is 15.5 Å². The molecule has 0 saturated heterocycles. The van der Waals surface area contributed by atoms with E-state index in [4.69, 9.17) is 23.2 Å². The van der Waals surface area contributed by atoms with Crippen LogP contribution in [0.15, 0.2) is 18.2 Å². The predicted octanol–water partition coefficient (Wildman–Crippen LogP) is 3.41. The van der Waals surface area contributed by atoms with Gasteiger partial charge in [-0.05, 0) is 43.5 Å². The smallest absolute Gasteiger partial charge is 0.0608 e. The van der Waals surface area contributed by atoms with Crippen molar-refractivity contribution >= 4 is 23.2 Å². The van der Waals surface area contributed by atoms with Crippen LogP contribution in [0.3, 0.4) is 0 Å². The molecule has 1 unspecified atom stereocenters. The van der Waals surface area contributed by atoms with E-state index < -0.39 is 0 Å². The van der Waals surface area contributed by atoms with Crippen molar-refractivity contribution in [3.8, 4) is 0 Å². The summed E-state index contributed by atoms with van der Waals surface area (Å²) in [7, 11) is 0. The van der Waals surface area contributed by atoms with Crippen LogP contribution in [0.5, 0.6) is 0 Å². The van der Waals surface area contributed by atoms with Gasteiger partial charge in [0.15, 0.2) is 0 Å². The molecule has 1 nitrogen and oxygen atoms in total. The van der Waals surface area contributed by atoms with Gasteiger partial charge in [0.2, 0.25) is 0 Å². The summed E-state index contributed by atoms with van der Waals surface area (Å²) >= 11 is 11.8. The Kier molecular flexibility index (Phi) is 2.50. The first-order chi connectivity index (χ1) is 6.54. The molecular formula is C11H12Cl2O. The minimum Gasteiger partial charge on any atom is -0.392 e. The van der Waals surface area contributed by atoms with Gasteiger partial charge in [0.1, 0.15) is 0 Å². The van der Waals surface area contributed by atoms with Gasteiger partial charge in [0.25, 0.3) is 0 Å². The number of hydrogen-bond donors (Lipinski definition) is 1. The Balaban J connectivity index is 2.42. The van der Waals surface area contributed by atoms with Crippen LogP contribution in [0, 0.1) is 0 Å². The molecule has 76 valence electrons. The predicted molar refractivity (Wildman–Crippen MR) is 59.1 cm³/mol. The molecule has 0 aromatic heterocycles. The monoisotopic (exact) mass is 230 g/mol. The minimum absolute atomic E-state index is 0.0887. The second-order valence-corrected chi connectivity index (χ2v) is 4.86. The van der Waals surface area contributed by atoms with E-state index in [-0.39, 0.29) is 11.5 Å². The van der Waals surface area contributed by atoms with Gasteiger partial charge in [-0.1, -0.05) is 23.2 Å². The van der Waals surface area contributed by atoms with E-state index in [0.717, 1.165) is 18.4 Å². The number of rotatable bonds is 2. The molecule has 3 heteroatoms. The molecule has 1 aromatic carbocycles. The van der Waals surface area contributed by atoms with E-state index in [1.807, 2.05) is 19.1 Å². The summed E-state index contributed by atoms with van der Waals surface area (Å²) in [6.07, 6.45) is 1.69. The fraction of sp³-hybridized carbons (Fsp3) is 0.455. The molecule has 1 saturated carbocycles. The van der Waals surface area contributed by atoms with E-state index >= 15 is 0 Å². The highest BCUT2D eigenvalue weighted by Gasteiger charge is 2.48. The van der Waals surface area contributed by atoms with Crippen molar-refractivity contribution in [2.75, 3.05) is 0 Å². The molecule has 2 rings (SSSR count). The second kappa shape index (κ2) is 3.41. The standard InChI is InChI=1S/C11H12Cl2O/c1-7(14)11(2-3-11)8-4-9(12)6-10(13)5-8/h4-7,14H,2-3H2,1H3. The third-order valence-corrected chi connectivity index (χ3v) is 3.46. The Bertz CT molecular complexity index is 336. The van der Waals surface area contributed by atoms with Gasteiger partial charge in [-0.3, -0.25) is 0 Å². The van der Waals surface area contributed by atoms with E-state index in [2.05, 4.69) is 0 Å². The number of aliphatic hydroxyl groups is 1. The molecule has 1 N–H and O–H groups in total. The summed E-state index contributed by atoms with van der Waals surface area (Å²) < 4.78 is 0. The lowest BCUT2D eigenvalue weighted by Crippen LogP contribution is -2.22. The summed E-state index contributed by atoms with van der Waals surface area (Å²) in [5, 5.41) is 11.0. The van der Waals surface area contributed by atoms with Crippen molar-refractivity contribution < 1.29 is 5.11 Å². The summed E-state index contributed by atoms with van der Waals surface area (Å²) in [5.74, 6) is 0. The number of halogens is 2. The Morgan fingerprint density at radius 1 is 1.21 bits per heavy atom. The van der Waals surface area contributed by atoms with E-state index in [0.29, 0.717) is 10.0 Å². The number of hydrogen-bond acceptors (Lipinski definition) is 1. The maximum atomic E-state index is 9.69. The molecule has 0 amide bonds. The summed E-state index contributed by atoms with van der Waals surface area (Å²) in [6.45, 7) is 1.82. The van der Waals surface area contributed by atoms with Gasteiger partial charge in [-0.25, -0.2) is 0 Å². The lowest BCUT2D eigenvalue weighted by Gasteiger charge is -2.19. The molecule has 1 atom stereocenters. The highest BCUT2D eigenvalue weighted by atomic mass is 35.5. The molecule has 0 spiro atoms. The third-order valence-electron chi connectivity index (χ3n) is 3.03. The summed E-state index contributed by atoms with van der Waals surface area (Å²) in [4.78, 5) is 0. The molecule has 0 bridgehead atoms. The fourth-order valence-electron chi connectivity index (χ4n) is 1.92. The maximum Gasteiger partial charge on any atom is 0.0608 e. The third kappa shape index (κ3) is 1.65.